The van der Waals surface area contributed by atoms with Crippen LogP contribution >= 0.6 is 11.9 Å². The summed E-state index contributed by atoms with van der Waals surface area (Å²) in [6.45, 7) is 5.54. The third kappa shape index (κ3) is 7.21. The van der Waals surface area contributed by atoms with Gasteiger partial charge in [-0.3, -0.25) is 9.29 Å². The van der Waals surface area contributed by atoms with Crippen LogP contribution in [0.25, 0.3) is 11.3 Å². The van der Waals surface area contributed by atoms with E-state index in [0.29, 0.717) is 61.0 Å². The maximum Gasteiger partial charge on any atom is 0.239 e. The van der Waals surface area contributed by atoms with Crippen LogP contribution in [0.15, 0.2) is 48.8 Å². The van der Waals surface area contributed by atoms with E-state index in [1.165, 1.54) is 11.9 Å². The molecule has 0 aliphatic carbocycles. The Bertz CT molecular complexity index is 1270. The molecule has 3 heterocycles. The first-order chi connectivity index (χ1) is 19.0. The maximum atomic E-state index is 6.24. The molecule has 0 spiro atoms. The Morgan fingerprint density at radius 1 is 0.949 bits per heavy atom. The van der Waals surface area contributed by atoms with E-state index in [2.05, 4.69) is 14.9 Å². The van der Waals surface area contributed by atoms with E-state index < -0.39 is 0 Å². The molecule has 0 saturated heterocycles. The van der Waals surface area contributed by atoms with Crippen LogP contribution in [0.2, 0.25) is 0 Å². The first-order valence-corrected chi connectivity index (χ1v) is 13.7. The Labute approximate surface area is 232 Å². The van der Waals surface area contributed by atoms with Crippen molar-refractivity contribution in [1.29, 1.82) is 0 Å². The largest absolute Gasteiger partial charge is 0.494 e. The normalized spacial score (nSPS) is 12.3. The van der Waals surface area contributed by atoms with Crippen LogP contribution in [-0.2, 0) is 20.6 Å². The van der Waals surface area contributed by atoms with Crippen LogP contribution in [-0.4, -0.2) is 77.2 Å². The summed E-state index contributed by atoms with van der Waals surface area (Å²) >= 11 is 1.47. The number of para-hydroxylation sites is 1. The number of hydrogen-bond acceptors (Lipinski definition) is 10. The molecule has 39 heavy (non-hydrogen) atoms. The van der Waals surface area contributed by atoms with E-state index in [1.54, 1.807) is 21.3 Å². The number of nitrogens with one attached hydrogen (secondary N) is 1. The minimum absolute atomic E-state index is 0.0339. The van der Waals surface area contributed by atoms with Gasteiger partial charge in [0.15, 0.2) is 0 Å². The van der Waals surface area contributed by atoms with Crippen molar-refractivity contribution in [2.75, 3.05) is 51.6 Å². The van der Waals surface area contributed by atoms with Crippen LogP contribution < -0.4 is 14.2 Å². The molecular formula is C27H36N6O5S. The van der Waals surface area contributed by atoms with Crippen molar-refractivity contribution in [1.82, 2.24) is 24.1 Å². The van der Waals surface area contributed by atoms with Gasteiger partial charge in [-0.05, 0) is 50.1 Å². The molecule has 210 valence electrons. The smallest absolute Gasteiger partial charge is 0.239 e. The summed E-state index contributed by atoms with van der Waals surface area (Å²) in [7, 11) is 4.90. The summed E-state index contributed by atoms with van der Waals surface area (Å²) in [4.78, 5) is 4.77. The molecule has 11 nitrogen and oxygen atoms in total. The average molecular weight is 557 g/mol. The highest BCUT2D eigenvalue weighted by Gasteiger charge is 2.23. The molecule has 0 radical (unpaired) electrons. The van der Waals surface area contributed by atoms with Crippen LogP contribution in [0.3, 0.4) is 0 Å². The molecule has 1 aromatic carbocycles. The van der Waals surface area contributed by atoms with Crippen molar-refractivity contribution in [2.24, 2.45) is 0 Å². The number of imidazole rings is 1. The summed E-state index contributed by atoms with van der Waals surface area (Å²) in [6.07, 6.45) is 4.32. The molecule has 1 atom stereocenters. The van der Waals surface area contributed by atoms with Gasteiger partial charge in [-0.15, -0.1) is 10.2 Å². The molecule has 1 unspecified atom stereocenters. The number of anilines is 1. The Hall–Kier alpha value is -3.32. The zero-order valence-electron chi connectivity index (χ0n) is 23.0. The lowest BCUT2D eigenvalue weighted by atomic mass is 10.2. The monoisotopic (exact) mass is 556 g/mol. The summed E-state index contributed by atoms with van der Waals surface area (Å²) in [5, 5.41) is 8.91. The van der Waals surface area contributed by atoms with Gasteiger partial charge in [0.2, 0.25) is 5.95 Å². The molecule has 0 aliphatic rings. The lowest BCUT2D eigenvalue weighted by Crippen LogP contribution is -2.15. The van der Waals surface area contributed by atoms with E-state index in [-0.39, 0.29) is 12.2 Å². The number of rotatable bonds is 16. The molecule has 0 fully saturated rings. The Balaban J connectivity index is 1.57. The number of pyridine rings is 1. The number of aromatic nitrogens is 5. The van der Waals surface area contributed by atoms with E-state index in [4.69, 9.17) is 28.7 Å². The van der Waals surface area contributed by atoms with Crippen molar-refractivity contribution in [3.05, 3.63) is 60.3 Å². The van der Waals surface area contributed by atoms with Gasteiger partial charge in [-0.25, -0.2) is 4.98 Å². The van der Waals surface area contributed by atoms with Crippen molar-refractivity contribution in [3.8, 4) is 17.2 Å². The van der Waals surface area contributed by atoms with Gasteiger partial charge in [0.25, 0.3) is 0 Å². The van der Waals surface area contributed by atoms with Crippen molar-refractivity contribution >= 4 is 23.5 Å². The molecule has 0 amide bonds. The predicted octanol–water partition coefficient (Wildman–Crippen LogP) is 4.36. The summed E-state index contributed by atoms with van der Waals surface area (Å²) < 4.78 is 35.6. The molecule has 4 rings (SSSR count). The fourth-order valence-electron chi connectivity index (χ4n) is 4.05. The molecular weight excluding hydrogens is 520 g/mol. The van der Waals surface area contributed by atoms with Crippen LogP contribution in [0, 0.1) is 0 Å². The lowest BCUT2D eigenvalue weighted by molar-refractivity contribution is 0.0186. The second-order valence-electron chi connectivity index (χ2n) is 8.86. The molecule has 4 aromatic rings. The fourth-order valence-corrected chi connectivity index (χ4v) is 4.80. The molecule has 3 aromatic heterocycles. The van der Waals surface area contributed by atoms with Crippen molar-refractivity contribution in [2.45, 2.75) is 32.5 Å². The Kier molecular flexibility index (Phi) is 10.4. The van der Waals surface area contributed by atoms with Gasteiger partial charge in [-0.2, -0.15) is 0 Å². The third-order valence-corrected chi connectivity index (χ3v) is 6.60. The van der Waals surface area contributed by atoms with Gasteiger partial charge in [0.1, 0.15) is 34.8 Å². The van der Waals surface area contributed by atoms with Crippen LogP contribution in [0.4, 0.5) is 5.95 Å². The predicted molar refractivity (Wildman–Crippen MR) is 151 cm³/mol. The second-order valence-corrected chi connectivity index (χ2v) is 9.69. The summed E-state index contributed by atoms with van der Waals surface area (Å²) in [5.41, 5.74) is 2.45. The minimum atomic E-state index is -0.228. The Morgan fingerprint density at radius 3 is 2.44 bits per heavy atom. The highest BCUT2D eigenvalue weighted by atomic mass is 32.2. The zero-order valence-corrected chi connectivity index (χ0v) is 23.8. The molecule has 0 bridgehead atoms. The molecule has 0 aliphatic heterocycles. The number of fused-ring (bicyclic) bond motifs is 1. The standard InChI is InChI=1S/C27H36N6O5S/c1-19(2)38-23(20-17-32-13-7-6-11-24(32)28-20)18-39-31-27-30-29-25(12-14-37-16-15-34-3)33(27)26-21(35-4)9-8-10-22(26)36-5/h6-11,13,17,19,23H,12,14-16,18H2,1-5H3,(H,30,31). The number of nitrogens with zero attached hydrogens (tertiary/aromatic N) is 5. The first-order valence-electron chi connectivity index (χ1n) is 12.7. The SMILES string of the molecule is COCCOCCc1nnc(NSCC(OC(C)C)c2cn3ccccc3n2)n1-c1c(OC)cccc1OC. The van der Waals surface area contributed by atoms with Gasteiger partial charge >= 0.3 is 0 Å². The van der Waals surface area contributed by atoms with E-state index in [9.17, 15) is 0 Å². The number of benzene rings is 1. The van der Waals surface area contributed by atoms with Gasteiger partial charge < -0.3 is 28.1 Å². The fraction of sp³-hybridized carbons (Fsp3) is 0.444. The van der Waals surface area contributed by atoms with Crippen molar-refractivity contribution < 1.29 is 23.7 Å². The van der Waals surface area contributed by atoms with Gasteiger partial charge in [0.05, 0.1) is 45.8 Å². The van der Waals surface area contributed by atoms with E-state index >= 15 is 0 Å². The number of methoxy groups -OCH3 is 3. The van der Waals surface area contributed by atoms with Gasteiger partial charge in [0, 0.05) is 31.7 Å². The van der Waals surface area contributed by atoms with E-state index in [1.807, 2.05) is 71.6 Å². The maximum absolute atomic E-state index is 6.24. The number of hydrogen-bond donors (Lipinski definition) is 1. The van der Waals surface area contributed by atoms with Crippen molar-refractivity contribution in [3.63, 3.8) is 0 Å². The van der Waals surface area contributed by atoms with Crippen LogP contribution in [0.1, 0.15) is 31.5 Å². The van der Waals surface area contributed by atoms with Crippen LogP contribution in [0.5, 0.6) is 11.5 Å². The highest BCUT2D eigenvalue weighted by Crippen LogP contribution is 2.36. The van der Waals surface area contributed by atoms with Gasteiger partial charge in [-0.1, -0.05) is 12.1 Å². The molecule has 0 saturated carbocycles. The summed E-state index contributed by atoms with van der Waals surface area (Å²) in [5.74, 6) is 3.10. The topological polar surface area (TPSA) is 106 Å². The highest BCUT2D eigenvalue weighted by molar-refractivity contribution is 8.00. The Morgan fingerprint density at radius 2 is 1.74 bits per heavy atom. The zero-order chi connectivity index (χ0) is 27.6. The quantitative estimate of drug-likeness (QED) is 0.158. The summed E-state index contributed by atoms with van der Waals surface area (Å²) in [6, 6.07) is 11.6. The third-order valence-electron chi connectivity index (χ3n) is 5.80. The average Bonchev–Trinajstić information content (AvgIpc) is 3.55. The van der Waals surface area contributed by atoms with E-state index in [0.717, 1.165) is 11.3 Å². The molecule has 12 heteroatoms. The first kappa shape index (κ1) is 28.7. The molecule has 1 N–H and O–H groups in total. The lowest BCUT2D eigenvalue weighted by Gasteiger charge is -2.20. The number of ether oxygens (including phenoxy) is 5. The minimum Gasteiger partial charge on any atom is -0.494 e. The second kappa shape index (κ2) is 14.2.